The highest BCUT2D eigenvalue weighted by molar-refractivity contribution is 7.90. The van der Waals surface area contributed by atoms with E-state index in [-0.39, 0.29) is 22.9 Å². The van der Waals surface area contributed by atoms with E-state index in [1.165, 1.54) is 50.6 Å². The van der Waals surface area contributed by atoms with E-state index < -0.39 is 32.1 Å². The standard InChI is InChI=1S/C22H30N4O8S2/c1-33-17-9-7-11-19(15-17)35(29,30)25-21(27)23-13-5-3-4-6-14-24-22(28)26-36(31,32)20-12-8-10-18(16-20)34-2/h7-12,15-16H,3-6,13-14H2,1-2H3,(H2,23,25,27)(H2,24,26,28). The first-order chi connectivity index (χ1) is 17.1. The predicted octanol–water partition coefficient (Wildman–Crippen LogP) is 1.94. The Balaban J connectivity index is 1.61. The van der Waals surface area contributed by atoms with Crippen LogP contribution < -0.4 is 29.6 Å². The highest BCUT2D eigenvalue weighted by Crippen LogP contribution is 2.17. The van der Waals surface area contributed by atoms with E-state index in [0.717, 1.165) is 0 Å². The molecule has 0 aliphatic heterocycles. The van der Waals surface area contributed by atoms with Gasteiger partial charge in [-0.15, -0.1) is 0 Å². The van der Waals surface area contributed by atoms with E-state index in [9.17, 15) is 26.4 Å². The van der Waals surface area contributed by atoms with Crippen LogP contribution in [-0.2, 0) is 20.0 Å². The van der Waals surface area contributed by atoms with Crippen LogP contribution in [0.25, 0.3) is 0 Å². The Kier molecular flexibility index (Phi) is 10.8. The highest BCUT2D eigenvalue weighted by atomic mass is 32.2. The summed E-state index contributed by atoms with van der Waals surface area (Å²) in [5.41, 5.74) is 0. The molecule has 36 heavy (non-hydrogen) atoms. The molecule has 0 spiro atoms. The van der Waals surface area contributed by atoms with Gasteiger partial charge in [-0.3, -0.25) is 0 Å². The lowest BCUT2D eigenvalue weighted by Gasteiger charge is -2.10. The highest BCUT2D eigenvalue weighted by Gasteiger charge is 2.19. The molecule has 0 unspecified atom stereocenters. The molecule has 0 bridgehead atoms. The van der Waals surface area contributed by atoms with Gasteiger partial charge in [0.25, 0.3) is 20.0 Å². The summed E-state index contributed by atoms with van der Waals surface area (Å²) in [4.78, 5) is 23.6. The number of unbranched alkanes of at least 4 members (excludes halogenated alkanes) is 3. The average molecular weight is 543 g/mol. The summed E-state index contributed by atoms with van der Waals surface area (Å²) in [6, 6.07) is 9.81. The quantitative estimate of drug-likeness (QED) is 0.278. The van der Waals surface area contributed by atoms with Gasteiger partial charge >= 0.3 is 12.1 Å². The molecule has 0 heterocycles. The number of hydrogen-bond donors (Lipinski definition) is 4. The van der Waals surface area contributed by atoms with Gasteiger partial charge in [0.2, 0.25) is 0 Å². The lowest BCUT2D eigenvalue weighted by Crippen LogP contribution is -2.40. The number of sulfonamides is 2. The normalized spacial score (nSPS) is 11.3. The van der Waals surface area contributed by atoms with Crippen LogP contribution in [0.4, 0.5) is 9.59 Å². The molecule has 0 atom stereocenters. The summed E-state index contributed by atoms with van der Waals surface area (Å²) >= 11 is 0. The van der Waals surface area contributed by atoms with Crippen LogP contribution in [0.3, 0.4) is 0 Å². The second-order valence-electron chi connectivity index (χ2n) is 7.49. The number of ether oxygens (including phenoxy) is 2. The van der Waals surface area contributed by atoms with E-state index >= 15 is 0 Å². The Hall–Kier alpha value is -3.52. The molecule has 0 aliphatic rings. The van der Waals surface area contributed by atoms with Crippen molar-refractivity contribution in [1.82, 2.24) is 20.1 Å². The van der Waals surface area contributed by atoms with E-state index in [1.54, 1.807) is 12.1 Å². The van der Waals surface area contributed by atoms with Gasteiger partial charge < -0.3 is 20.1 Å². The average Bonchev–Trinajstić information content (AvgIpc) is 2.85. The van der Waals surface area contributed by atoms with Crippen molar-refractivity contribution in [2.75, 3.05) is 27.3 Å². The maximum Gasteiger partial charge on any atom is 0.328 e. The van der Waals surface area contributed by atoms with Crippen LogP contribution in [-0.4, -0.2) is 56.2 Å². The molecule has 0 saturated heterocycles. The number of carbonyl (C=O) groups is 2. The SMILES string of the molecule is COc1cccc(S(=O)(=O)NC(=O)NCCCCCCNC(=O)NS(=O)(=O)c2cccc(OC)c2)c1. The zero-order valence-corrected chi connectivity index (χ0v) is 21.6. The minimum atomic E-state index is -4.03. The maximum atomic E-state index is 12.3. The molecule has 198 valence electrons. The van der Waals surface area contributed by atoms with Crippen LogP contribution in [0.5, 0.6) is 11.5 Å². The number of nitrogens with one attached hydrogen (secondary N) is 4. The van der Waals surface area contributed by atoms with Gasteiger partial charge in [-0.05, 0) is 37.1 Å². The number of urea groups is 2. The third-order valence-electron chi connectivity index (χ3n) is 4.83. The Labute approximate surface area is 210 Å². The molecule has 4 amide bonds. The van der Waals surface area contributed by atoms with Gasteiger partial charge in [0, 0.05) is 25.2 Å². The number of amides is 4. The van der Waals surface area contributed by atoms with Crippen molar-refractivity contribution in [1.29, 1.82) is 0 Å². The van der Waals surface area contributed by atoms with Crippen LogP contribution in [0, 0.1) is 0 Å². The molecule has 2 aromatic carbocycles. The Bertz CT molecular complexity index is 1150. The third kappa shape index (κ3) is 9.26. The second-order valence-corrected chi connectivity index (χ2v) is 10.9. The van der Waals surface area contributed by atoms with Crippen molar-refractivity contribution in [3.8, 4) is 11.5 Å². The van der Waals surface area contributed by atoms with Crippen molar-refractivity contribution in [2.24, 2.45) is 0 Å². The topological polar surface area (TPSA) is 169 Å². The largest absolute Gasteiger partial charge is 0.497 e. The molecule has 2 aromatic rings. The van der Waals surface area contributed by atoms with E-state index in [2.05, 4.69) is 10.6 Å². The Morgan fingerprint density at radius 2 is 1.06 bits per heavy atom. The lowest BCUT2D eigenvalue weighted by molar-refractivity contribution is 0.244. The van der Waals surface area contributed by atoms with Crippen molar-refractivity contribution < 1.29 is 35.9 Å². The fourth-order valence-corrected chi connectivity index (χ4v) is 4.90. The molecule has 0 radical (unpaired) electrons. The van der Waals surface area contributed by atoms with Crippen molar-refractivity contribution in [2.45, 2.75) is 35.5 Å². The summed E-state index contributed by atoms with van der Waals surface area (Å²) in [7, 11) is -5.24. The molecule has 12 nitrogen and oxygen atoms in total. The molecule has 0 fully saturated rings. The summed E-state index contributed by atoms with van der Waals surface area (Å²) in [5, 5.41) is 4.96. The monoisotopic (exact) mass is 542 g/mol. The molecule has 2 rings (SSSR count). The molecule has 4 N–H and O–H groups in total. The summed E-state index contributed by atoms with van der Waals surface area (Å²) < 4.78 is 62.9. The first-order valence-corrected chi connectivity index (χ1v) is 13.9. The number of methoxy groups -OCH3 is 2. The zero-order valence-electron chi connectivity index (χ0n) is 19.9. The molecular weight excluding hydrogens is 512 g/mol. The van der Waals surface area contributed by atoms with E-state index in [1.807, 2.05) is 9.44 Å². The Morgan fingerprint density at radius 3 is 1.42 bits per heavy atom. The second kappa shape index (κ2) is 13.5. The molecule has 0 aromatic heterocycles. The minimum Gasteiger partial charge on any atom is -0.497 e. The Morgan fingerprint density at radius 1 is 0.667 bits per heavy atom. The first kappa shape index (κ1) is 28.7. The molecule has 0 saturated carbocycles. The zero-order chi connectivity index (χ0) is 26.6. The van der Waals surface area contributed by atoms with E-state index in [4.69, 9.17) is 9.47 Å². The summed E-state index contributed by atoms with van der Waals surface area (Å²) in [5.74, 6) is 0.701. The lowest BCUT2D eigenvalue weighted by atomic mass is 10.2. The maximum absolute atomic E-state index is 12.3. The van der Waals surface area contributed by atoms with Crippen LogP contribution in [0.1, 0.15) is 25.7 Å². The fourth-order valence-electron chi connectivity index (χ4n) is 2.98. The van der Waals surface area contributed by atoms with Gasteiger partial charge in [-0.25, -0.2) is 35.9 Å². The smallest absolute Gasteiger partial charge is 0.328 e. The van der Waals surface area contributed by atoms with Gasteiger partial charge in [-0.1, -0.05) is 25.0 Å². The van der Waals surface area contributed by atoms with Crippen LogP contribution >= 0.6 is 0 Å². The van der Waals surface area contributed by atoms with Gasteiger partial charge in [0.15, 0.2) is 0 Å². The first-order valence-electron chi connectivity index (χ1n) is 11.0. The van der Waals surface area contributed by atoms with Crippen molar-refractivity contribution >= 4 is 32.1 Å². The number of hydrogen-bond acceptors (Lipinski definition) is 8. The predicted molar refractivity (Wildman–Crippen MR) is 132 cm³/mol. The molecule has 0 aliphatic carbocycles. The van der Waals surface area contributed by atoms with Crippen LogP contribution in [0.15, 0.2) is 58.3 Å². The van der Waals surface area contributed by atoms with Crippen LogP contribution in [0.2, 0.25) is 0 Å². The number of rotatable bonds is 13. The van der Waals surface area contributed by atoms with E-state index in [0.29, 0.717) is 37.2 Å². The summed E-state index contributed by atoms with van der Waals surface area (Å²) in [6.07, 6.45) is 2.58. The molecule has 14 heteroatoms. The third-order valence-corrected chi connectivity index (χ3v) is 7.49. The summed E-state index contributed by atoms with van der Waals surface area (Å²) in [6.45, 7) is 0.512. The van der Waals surface area contributed by atoms with Crippen molar-refractivity contribution in [3.63, 3.8) is 0 Å². The fraction of sp³-hybridized carbons (Fsp3) is 0.364. The van der Waals surface area contributed by atoms with Gasteiger partial charge in [-0.2, -0.15) is 0 Å². The van der Waals surface area contributed by atoms with Gasteiger partial charge in [0.1, 0.15) is 11.5 Å². The molecular formula is C22H30N4O8S2. The number of benzene rings is 2. The van der Waals surface area contributed by atoms with Crippen molar-refractivity contribution in [3.05, 3.63) is 48.5 Å². The van der Waals surface area contributed by atoms with Gasteiger partial charge in [0.05, 0.1) is 24.0 Å². The number of carbonyl (C=O) groups excluding carboxylic acids is 2. The minimum absolute atomic E-state index is 0.0927.